The third kappa shape index (κ3) is 5.30. The van der Waals surface area contributed by atoms with Crippen molar-refractivity contribution in [3.8, 4) is 29.0 Å². The van der Waals surface area contributed by atoms with Crippen LogP contribution in [0.15, 0.2) is 12.1 Å². The number of anilines is 2. The van der Waals surface area contributed by atoms with Crippen LogP contribution in [0.2, 0.25) is 5.02 Å². The minimum absolute atomic E-state index is 0.0368. The minimum atomic E-state index is -0.939. The van der Waals surface area contributed by atoms with Gasteiger partial charge in [-0.2, -0.15) is 15.2 Å². The second kappa shape index (κ2) is 12.1. The molecule has 0 aliphatic carbocycles. The van der Waals surface area contributed by atoms with E-state index in [4.69, 9.17) is 31.8 Å². The van der Waals surface area contributed by atoms with Gasteiger partial charge < -0.3 is 25.0 Å². The smallest absolute Gasteiger partial charge is 0.319 e. The number of nitrogens with zero attached hydrogens (tertiary/aromatic N) is 6. The molecular weight excluding hydrogens is 651 g/mol. The highest BCUT2D eigenvalue weighted by atomic mass is 35.5. The number of nitrogen functional groups attached to an aromatic ring is 1. The fourth-order valence-corrected chi connectivity index (χ4v) is 8.65. The van der Waals surface area contributed by atoms with E-state index in [2.05, 4.69) is 26.6 Å². The third-order valence-corrected chi connectivity index (χ3v) is 11.1. The second-order valence-electron chi connectivity index (χ2n) is 13.0. The summed E-state index contributed by atoms with van der Waals surface area (Å²) < 4.78 is 59.4. The normalized spacial score (nSPS) is 22.8. The molecule has 2 N–H and O–H groups in total. The summed E-state index contributed by atoms with van der Waals surface area (Å²) in [5.41, 5.74) is 5.69. The Kier molecular flexibility index (Phi) is 8.27. The SMILES string of the molecule is C[C@@H]1CCOc2c(Cl)c(-c3ccc(F)c4sc(N)c(C#N)c34)c(F)c3nc(OC[C@@]45CCCN4C[C@H](F)C5)nc(c23)N1CCN(C)C. The number of alkyl halides is 1. The lowest BCUT2D eigenvalue weighted by molar-refractivity contribution is 0.107. The Balaban J connectivity index is 1.46. The summed E-state index contributed by atoms with van der Waals surface area (Å²) in [7, 11) is 3.95. The topological polar surface area (TPSA) is 104 Å². The summed E-state index contributed by atoms with van der Waals surface area (Å²) in [6.07, 6.45) is 1.77. The van der Waals surface area contributed by atoms with Crippen molar-refractivity contribution in [3.05, 3.63) is 34.4 Å². The fourth-order valence-electron chi connectivity index (χ4n) is 7.37. The Morgan fingerprint density at radius 2 is 2.09 bits per heavy atom. The van der Waals surface area contributed by atoms with Crippen molar-refractivity contribution in [1.29, 1.82) is 5.26 Å². The zero-order valence-electron chi connectivity index (χ0n) is 26.4. The predicted molar refractivity (Wildman–Crippen MR) is 178 cm³/mol. The van der Waals surface area contributed by atoms with Crippen molar-refractivity contribution < 1.29 is 22.6 Å². The summed E-state index contributed by atoms with van der Waals surface area (Å²) in [5.74, 6) is -0.770. The number of hydrogen-bond acceptors (Lipinski definition) is 10. The average Bonchev–Trinajstić information content (AvgIpc) is 3.67. The molecule has 3 atom stereocenters. The maximum absolute atomic E-state index is 17.2. The van der Waals surface area contributed by atoms with Gasteiger partial charge in [0.15, 0.2) is 11.6 Å². The second-order valence-corrected chi connectivity index (χ2v) is 14.4. The van der Waals surface area contributed by atoms with Crippen LogP contribution in [0.5, 0.6) is 11.8 Å². The molecule has 0 bridgehead atoms. The Morgan fingerprint density at radius 1 is 1.28 bits per heavy atom. The molecule has 2 fully saturated rings. The highest BCUT2D eigenvalue weighted by Gasteiger charge is 2.49. The van der Waals surface area contributed by atoms with Crippen molar-refractivity contribution in [3.63, 3.8) is 0 Å². The molecule has 7 rings (SSSR count). The van der Waals surface area contributed by atoms with Crippen molar-refractivity contribution >= 4 is 54.7 Å². The molecule has 0 amide bonds. The number of nitriles is 1. The number of rotatable bonds is 7. The van der Waals surface area contributed by atoms with Gasteiger partial charge in [0.2, 0.25) is 0 Å². The Hall–Kier alpha value is -3.57. The van der Waals surface area contributed by atoms with Gasteiger partial charge >= 0.3 is 6.01 Å². The molecule has 3 aliphatic heterocycles. The molecule has 3 aliphatic rings. The third-order valence-electron chi connectivity index (χ3n) is 9.75. The number of ether oxygens (including phenoxy) is 2. The van der Waals surface area contributed by atoms with E-state index >= 15 is 4.39 Å². The maximum atomic E-state index is 17.2. The highest BCUT2D eigenvalue weighted by Crippen LogP contribution is 2.51. The monoisotopic (exact) mass is 685 g/mol. The lowest BCUT2D eigenvalue weighted by Gasteiger charge is -2.35. The van der Waals surface area contributed by atoms with Gasteiger partial charge in [0.1, 0.15) is 41.0 Å². The molecule has 2 aromatic carbocycles. The van der Waals surface area contributed by atoms with E-state index in [-0.39, 0.29) is 73.3 Å². The van der Waals surface area contributed by atoms with Gasteiger partial charge in [-0.25, -0.2) is 13.2 Å². The molecule has 0 unspecified atom stereocenters. The Labute approximate surface area is 279 Å². The first kappa shape index (κ1) is 32.0. The molecule has 248 valence electrons. The van der Waals surface area contributed by atoms with E-state index in [0.717, 1.165) is 30.7 Å². The van der Waals surface area contributed by atoms with E-state index in [0.29, 0.717) is 43.7 Å². The fraction of sp³-hybridized carbons (Fsp3) is 0.485. The lowest BCUT2D eigenvalue weighted by Crippen LogP contribution is -2.43. The van der Waals surface area contributed by atoms with Crippen molar-refractivity contribution in [2.45, 2.75) is 50.4 Å². The van der Waals surface area contributed by atoms with Crippen LogP contribution < -0.4 is 20.1 Å². The minimum Gasteiger partial charge on any atom is -0.491 e. The van der Waals surface area contributed by atoms with E-state index in [1.165, 1.54) is 12.1 Å². The van der Waals surface area contributed by atoms with Gasteiger partial charge in [0, 0.05) is 49.5 Å². The van der Waals surface area contributed by atoms with E-state index in [1.807, 2.05) is 20.2 Å². The summed E-state index contributed by atoms with van der Waals surface area (Å²) in [6, 6.07) is 4.56. The van der Waals surface area contributed by atoms with E-state index in [1.54, 1.807) is 0 Å². The van der Waals surface area contributed by atoms with Crippen LogP contribution in [0.25, 0.3) is 32.1 Å². The predicted octanol–water partition coefficient (Wildman–Crippen LogP) is 6.39. The van der Waals surface area contributed by atoms with Crippen molar-refractivity contribution in [2.75, 3.05) is 64.1 Å². The van der Waals surface area contributed by atoms with Gasteiger partial charge in [0.05, 0.1) is 32.8 Å². The van der Waals surface area contributed by atoms with Gasteiger partial charge in [-0.05, 0) is 52.0 Å². The Morgan fingerprint density at radius 3 is 2.85 bits per heavy atom. The number of aromatic nitrogens is 2. The number of nitrogens with two attached hydrogens (primary N) is 1. The molecule has 2 aromatic heterocycles. The number of benzene rings is 2. The molecule has 0 radical (unpaired) electrons. The van der Waals surface area contributed by atoms with Crippen LogP contribution in [-0.4, -0.2) is 91.0 Å². The zero-order valence-corrected chi connectivity index (χ0v) is 28.0. The van der Waals surface area contributed by atoms with Gasteiger partial charge in [-0.3, -0.25) is 4.90 Å². The van der Waals surface area contributed by atoms with Crippen LogP contribution in [-0.2, 0) is 0 Å². The summed E-state index contributed by atoms with van der Waals surface area (Å²) >= 11 is 7.97. The first-order chi connectivity index (χ1) is 22.5. The summed E-state index contributed by atoms with van der Waals surface area (Å²) in [6.45, 7) is 4.92. The zero-order chi connectivity index (χ0) is 33.2. The van der Waals surface area contributed by atoms with E-state index in [9.17, 15) is 14.0 Å². The molecule has 0 spiro atoms. The van der Waals surface area contributed by atoms with Crippen LogP contribution in [0.3, 0.4) is 0 Å². The highest BCUT2D eigenvalue weighted by molar-refractivity contribution is 7.23. The van der Waals surface area contributed by atoms with Crippen LogP contribution in [0, 0.1) is 23.0 Å². The molecule has 0 saturated carbocycles. The van der Waals surface area contributed by atoms with E-state index < -0.39 is 23.3 Å². The van der Waals surface area contributed by atoms with Crippen LogP contribution in [0.1, 0.15) is 38.2 Å². The number of thiophene rings is 1. The lowest BCUT2D eigenvalue weighted by atomic mass is 9.95. The van der Waals surface area contributed by atoms with Gasteiger partial charge in [0.25, 0.3) is 0 Å². The molecule has 9 nitrogen and oxygen atoms in total. The number of hydrogen-bond donors (Lipinski definition) is 1. The van der Waals surface area contributed by atoms with Gasteiger partial charge in [-0.1, -0.05) is 17.7 Å². The molecular formula is C33H35ClF3N7O2S. The Bertz CT molecular complexity index is 1930. The van der Waals surface area contributed by atoms with Crippen LogP contribution >= 0.6 is 22.9 Å². The molecule has 47 heavy (non-hydrogen) atoms. The molecule has 14 heteroatoms. The first-order valence-corrected chi connectivity index (χ1v) is 16.9. The van der Waals surface area contributed by atoms with Crippen LogP contribution in [0.4, 0.5) is 24.0 Å². The summed E-state index contributed by atoms with van der Waals surface area (Å²) in [4.78, 5) is 15.7. The number of halogens is 4. The quantitative estimate of drug-likeness (QED) is 0.237. The molecule has 4 aromatic rings. The van der Waals surface area contributed by atoms with Crippen molar-refractivity contribution in [1.82, 2.24) is 19.8 Å². The van der Waals surface area contributed by atoms with Crippen molar-refractivity contribution in [2.24, 2.45) is 0 Å². The largest absolute Gasteiger partial charge is 0.491 e. The number of fused-ring (bicyclic) bond motifs is 2. The molecule has 2 saturated heterocycles. The molecule has 5 heterocycles. The number of likely N-dealkylation sites (N-methyl/N-ethyl adjacent to an activating group) is 1. The maximum Gasteiger partial charge on any atom is 0.319 e. The summed E-state index contributed by atoms with van der Waals surface area (Å²) in [5, 5.41) is 10.5. The first-order valence-electron chi connectivity index (χ1n) is 15.7. The van der Waals surface area contributed by atoms with Gasteiger partial charge in [-0.15, -0.1) is 11.3 Å². The average molecular weight is 686 g/mol. The standard InChI is InChI=1S/C33H35ClF3N7O2S/c1-17-7-12-45-28-24-27(26(37)23(25(28)34)19-5-6-21(36)29-22(19)20(14-38)30(39)47-29)40-32(41-31(24)44(17)11-10-42(2)3)46-16-33-8-4-9-43(33)15-18(35)13-33/h5-6,17-18H,4,7-13,15-16,39H2,1-3H3/t17-,18-,33+/m1/s1.